The molecule has 0 bridgehead atoms. The minimum Gasteiger partial charge on any atom is -0.469 e. The molecule has 1 aliphatic heterocycles. The molecular formula is C14H18N2O5. The van der Waals surface area contributed by atoms with E-state index < -0.39 is 28.9 Å². The molecule has 1 unspecified atom stereocenters. The molecule has 0 aromatic carbocycles. The third-order valence-electron chi connectivity index (χ3n) is 3.58. The van der Waals surface area contributed by atoms with E-state index >= 15 is 0 Å². The quantitative estimate of drug-likeness (QED) is 0.666. The van der Waals surface area contributed by atoms with Gasteiger partial charge in [-0.25, -0.2) is 4.79 Å². The van der Waals surface area contributed by atoms with Crippen LogP contribution < -0.4 is 5.32 Å². The van der Waals surface area contributed by atoms with E-state index in [2.05, 4.69) is 5.32 Å². The Hall–Kier alpha value is -2.31. The number of esters is 1. The summed E-state index contributed by atoms with van der Waals surface area (Å²) in [6.45, 7) is 4.72. The van der Waals surface area contributed by atoms with Crippen LogP contribution in [-0.2, 0) is 19.9 Å². The number of carbonyl (C=O) groups excluding carboxylic acids is 3. The zero-order valence-electron chi connectivity index (χ0n) is 12.4. The average Bonchev–Trinajstić information content (AvgIpc) is 3.02. The van der Waals surface area contributed by atoms with E-state index in [4.69, 9.17) is 9.15 Å². The molecule has 0 aliphatic carbocycles. The lowest BCUT2D eigenvalue weighted by Gasteiger charge is -2.26. The molecule has 1 fully saturated rings. The fourth-order valence-electron chi connectivity index (χ4n) is 2.31. The number of carbonyl (C=O) groups is 3. The first-order valence-electron chi connectivity index (χ1n) is 6.49. The standard InChI is InChI=1S/C14H18N2O5/c1-13(2,11(18)20-4)8-16-10(17)14(3,15-12(16)19)9-6-5-7-21-9/h5-7H,8H2,1-4H3,(H,15,19). The van der Waals surface area contributed by atoms with Crippen molar-refractivity contribution in [1.29, 1.82) is 0 Å². The fourth-order valence-corrected chi connectivity index (χ4v) is 2.31. The molecule has 114 valence electrons. The number of hydrogen-bond acceptors (Lipinski definition) is 5. The van der Waals surface area contributed by atoms with Crippen LogP contribution in [0.5, 0.6) is 0 Å². The molecule has 0 radical (unpaired) electrons. The Morgan fingerprint density at radius 3 is 2.67 bits per heavy atom. The van der Waals surface area contributed by atoms with Crippen molar-refractivity contribution in [3.8, 4) is 0 Å². The van der Waals surface area contributed by atoms with E-state index in [-0.39, 0.29) is 6.54 Å². The molecule has 1 atom stereocenters. The number of nitrogens with zero attached hydrogens (tertiary/aromatic N) is 1. The van der Waals surface area contributed by atoms with Crippen LogP contribution in [0, 0.1) is 5.41 Å². The maximum absolute atomic E-state index is 12.6. The van der Waals surface area contributed by atoms with Crippen molar-refractivity contribution in [2.75, 3.05) is 13.7 Å². The number of imide groups is 1. The van der Waals surface area contributed by atoms with Gasteiger partial charge < -0.3 is 14.5 Å². The van der Waals surface area contributed by atoms with Crippen molar-refractivity contribution in [1.82, 2.24) is 10.2 Å². The molecule has 1 aromatic rings. The van der Waals surface area contributed by atoms with Gasteiger partial charge in [0.05, 0.1) is 18.8 Å². The van der Waals surface area contributed by atoms with Gasteiger partial charge in [0.1, 0.15) is 5.76 Å². The van der Waals surface area contributed by atoms with Crippen molar-refractivity contribution in [2.24, 2.45) is 5.41 Å². The number of amides is 3. The third-order valence-corrected chi connectivity index (χ3v) is 3.58. The molecule has 2 heterocycles. The Bertz CT molecular complexity index is 578. The number of ether oxygens (including phenoxy) is 1. The normalized spacial score (nSPS) is 22.4. The van der Waals surface area contributed by atoms with Crippen LogP contribution in [0.2, 0.25) is 0 Å². The summed E-state index contributed by atoms with van der Waals surface area (Å²) in [7, 11) is 1.27. The van der Waals surface area contributed by atoms with Gasteiger partial charge in [0.25, 0.3) is 5.91 Å². The summed E-state index contributed by atoms with van der Waals surface area (Å²) in [5.41, 5.74) is -2.25. The second-order valence-corrected chi connectivity index (χ2v) is 5.80. The number of urea groups is 1. The van der Waals surface area contributed by atoms with E-state index in [9.17, 15) is 14.4 Å². The second kappa shape index (κ2) is 4.91. The summed E-state index contributed by atoms with van der Waals surface area (Å²) in [5.74, 6) is -0.603. The monoisotopic (exact) mass is 294 g/mol. The maximum Gasteiger partial charge on any atom is 0.325 e. The summed E-state index contributed by atoms with van der Waals surface area (Å²) in [4.78, 5) is 37.4. The van der Waals surface area contributed by atoms with Crippen molar-refractivity contribution in [2.45, 2.75) is 26.3 Å². The van der Waals surface area contributed by atoms with Gasteiger partial charge in [0.15, 0.2) is 5.54 Å². The zero-order chi connectivity index (χ0) is 15.8. The van der Waals surface area contributed by atoms with Gasteiger partial charge in [-0.3, -0.25) is 14.5 Å². The molecule has 1 saturated heterocycles. The average molecular weight is 294 g/mol. The van der Waals surface area contributed by atoms with Crippen LogP contribution in [-0.4, -0.2) is 36.5 Å². The smallest absolute Gasteiger partial charge is 0.325 e. The topological polar surface area (TPSA) is 88.8 Å². The van der Waals surface area contributed by atoms with Gasteiger partial charge in [-0.05, 0) is 32.9 Å². The largest absolute Gasteiger partial charge is 0.469 e. The molecule has 0 saturated carbocycles. The SMILES string of the molecule is COC(=O)C(C)(C)CN1C(=O)NC(C)(c2ccco2)C1=O. The minimum absolute atomic E-state index is 0.0688. The molecule has 3 amide bonds. The molecule has 7 nitrogen and oxygen atoms in total. The molecule has 1 N–H and O–H groups in total. The summed E-state index contributed by atoms with van der Waals surface area (Å²) in [6, 6.07) is 2.70. The van der Waals surface area contributed by atoms with E-state index in [0.29, 0.717) is 5.76 Å². The lowest BCUT2D eigenvalue weighted by molar-refractivity contribution is -0.152. The number of furan rings is 1. The summed E-state index contributed by atoms with van der Waals surface area (Å²) in [5, 5.41) is 2.60. The highest BCUT2D eigenvalue weighted by Gasteiger charge is 2.52. The van der Waals surface area contributed by atoms with Gasteiger partial charge >= 0.3 is 12.0 Å². The Morgan fingerprint density at radius 1 is 1.48 bits per heavy atom. The molecular weight excluding hydrogens is 276 g/mol. The molecule has 21 heavy (non-hydrogen) atoms. The number of methoxy groups -OCH3 is 1. The molecule has 2 rings (SSSR count). The first kappa shape index (κ1) is 15.1. The molecule has 1 aliphatic rings. The van der Waals surface area contributed by atoms with Crippen molar-refractivity contribution < 1.29 is 23.5 Å². The van der Waals surface area contributed by atoms with Crippen molar-refractivity contribution >= 4 is 17.9 Å². The highest BCUT2D eigenvalue weighted by molar-refractivity contribution is 6.07. The fraction of sp³-hybridized carbons (Fsp3) is 0.500. The third kappa shape index (κ3) is 2.39. The second-order valence-electron chi connectivity index (χ2n) is 5.80. The van der Waals surface area contributed by atoms with Crippen LogP contribution >= 0.6 is 0 Å². The van der Waals surface area contributed by atoms with Crippen LogP contribution in [0.1, 0.15) is 26.5 Å². The highest BCUT2D eigenvalue weighted by atomic mass is 16.5. The van der Waals surface area contributed by atoms with Crippen LogP contribution in [0.4, 0.5) is 4.79 Å². The van der Waals surface area contributed by atoms with E-state index in [0.717, 1.165) is 4.90 Å². The predicted molar refractivity (Wildman–Crippen MR) is 72.1 cm³/mol. The van der Waals surface area contributed by atoms with Gasteiger partial charge in [0, 0.05) is 6.54 Å². The lowest BCUT2D eigenvalue weighted by Crippen LogP contribution is -2.44. The summed E-state index contributed by atoms with van der Waals surface area (Å²) in [6.07, 6.45) is 1.43. The van der Waals surface area contributed by atoms with Crippen molar-refractivity contribution in [3.05, 3.63) is 24.2 Å². The van der Waals surface area contributed by atoms with Gasteiger partial charge in [-0.1, -0.05) is 0 Å². The van der Waals surface area contributed by atoms with E-state index in [1.54, 1.807) is 32.9 Å². The van der Waals surface area contributed by atoms with Gasteiger partial charge in [-0.15, -0.1) is 0 Å². The number of nitrogens with one attached hydrogen (secondary N) is 1. The lowest BCUT2D eigenvalue weighted by atomic mass is 9.92. The van der Waals surface area contributed by atoms with E-state index in [1.807, 2.05) is 0 Å². The van der Waals surface area contributed by atoms with Crippen LogP contribution in [0.25, 0.3) is 0 Å². The minimum atomic E-state index is -1.26. The predicted octanol–water partition coefficient (Wildman–Crippen LogP) is 1.25. The Kier molecular flexibility index (Phi) is 3.52. The molecule has 1 aromatic heterocycles. The first-order valence-corrected chi connectivity index (χ1v) is 6.49. The van der Waals surface area contributed by atoms with Gasteiger partial charge in [-0.2, -0.15) is 0 Å². The van der Waals surface area contributed by atoms with Crippen LogP contribution in [0.15, 0.2) is 22.8 Å². The van der Waals surface area contributed by atoms with E-state index in [1.165, 1.54) is 13.4 Å². The maximum atomic E-state index is 12.6. The summed E-state index contributed by atoms with van der Waals surface area (Å²) >= 11 is 0. The van der Waals surface area contributed by atoms with Crippen LogP contribution in [0.3, 0.4) is 0 Å². The molecule has 0 spiro atoms. The Balaban J connectivity index is 2.26. The van der Waals surface area contributed by atoms with Gasteiger partial charge in [0.2, 0.25) is 0 Å². The number of hydrogen-bond donors (Lipinski definition) is 1. The zero-order valence-corrected chi connectivity index (χ0v) is 12.4. The Morgan fingerprint density at radius 2 is 2.14 bits per heavy atom. The number of rotatable bonds is 4. The first-order chi connectivity index (χ1) is 9.72. The highest BCUT2D eigenvalue weighted by Crippen LogP contribution is 2.31. The Labute approximate surface area is 122 Å². The summed E-state index contributed by atoms with van der Waals surface area (Å²) < 4.78 is 9.93. The molecule has 7 heteroatoms. The van der Waals surface area contributed by atoms with Crippen molar-refractivity contribution in [3.63, 3.8) is 0 Å².